The first-order valence-corrected chi connectivity index (χ1v) is 16.7. The molecule has 2 N–H and O–H groups in total. The molecule has 2 saturated heterocycles. The van der Waals surface area contributed by atoms with Gasteiger partial charge in [0.1, 0.15) is 5.60 Å². The number of aromatic nitrogens is 2. The first kappa shape index (κ1) is 36.6. The molecule has 0 bridgehead atoms. The van der Waals surface area contributed by atoms with Crippen LogP contribution in [0.15, 0.2) is 36.5 Å². The quantitative estimate of drug-likeness (QED) is 0.308. The molecule has 12 nitrogen and oxygen atoms in total. The van der Waals surface area contributed by atoms with Gasteiger partial charge in [0.05, 0.1) is 29.6 Å². The van der Waals surface area contributed by atoms with E-state index in [1.54, 1.807) is 15.9 Å². The number of methoxy groups -OCH3 is 1. The zero-order valence-corrected chi connectivity index (χ0v) is 29.4. The molecule has 1 atom stereocenters. The van der Waals surface area contributed by atoms with Crippen LogP contribution in [-0.2, 0) is 16.6 Å². The number of ether oxygens (including phenoxy) is 2. The lowest BCUT2D eigenvalue weighted by Gasteiger charge is -2.33. The van der Waals surface area contributed by atoms with Gasteiger partial charge >= 0.3 is 6.09 Å². The van der Waals surface area contributed by atoms with Gasteiger partial charge in [-0.3, -0.25) is 14.4 Å². The third-order valence-corrected chi connectivity index (χ3v) is 9.06. The van der Waals surface area contributed by atoms with E-state index in [0.29, 0.717) is 51.1 Å². The summed E-state index contributed by atoms with van der Waals surface area (Å²) in [6, 6.07) is 7.07. The predicted molar refractivity (Wildman–Crippen MR) is 182 cm³/mol. The van der Waals surface area contributed by atoms with Crippen LogP contribution in [0.5, 0.6) is 5.75 Å². The van der Waals surface area contributed by atoms with Gasteiger partial charge in [-0.2, -0.15) is 4.39 Å². The van der Waals surface area contributed by atoms with Crippen LogP contribution in [-0.4, -0.2) is 88.1 Å². The number of halogens is 3. The first-order chi connectivity index (χ1) is 23.6. The highest BCUT2D eigenvalue weighted by molar-refractivity contribution is 6.34. The Balaban J connectivity index is 1.11. The summed E-state index contributed by atoms with van der Waals surface area (Å²) in [5.41, 5.74) is 0.0829. The molecular formula is C35H41ClF2N6O6. The summed E-state index contributed by atoms with van der Waals surface area (Å²) < 4.78 is 40.6. The number of hydrogen-bond acceptors (Lipinski definition) is 7. The molecule has 1 unspecified atom stereocenters. The maximum Gasteiger partial charge on any atom is 0.410 e. The van der Waals surface area contributed by atoms with Crippen LogP contribution in [0, 0.1) is 17.6 Å². The fourth-order valence-corrected chi connectivity index (χ4v) is 6.41. The number of amides is 4. The number of nitrogens with zero attached hydrogens (tertiary/aromatic N) is 4. The highest BCUT2D eigenvalue weighted by Crippen LogP contribution is 2.31. The highest BCUT2D eigenvalue weighted by atomic mass is 35.5. The molecule has 0 spiro atoms. The van der Waals surface area contributed by atoms with E-state index in [-0.39, 0.29) is 63.3 Å². The van der Waals surface area contributed by atoms with Gasteiger partial charge in [-0.05, 0) is 76.3 Å². The molecule has 3 heterocycles. The van der Waals surface area contributed by atoms with E-state index in [4.69, 9.17) is 21.1 Å². The summed E-state index contributed by atoms with van der Waals surface area (Å²) >= 11 is 6.49. The van der Waals surface area contributed by atoms with Crippen molar-refractivity contribution in [2.75, 3.05) is 38.6 Å². The van der Waals surface area contributed by atoms with Gasteiger partial charge in [0.15, 0.2) is 17.4 Å². The maximum absolute atomic E-state index is 14.7. The van der Waals surface area contributed by atoms with Gasteiger partial charge in [-0.25, -0.2) is 14.2 Å². The molecule has 50 heavy (non-hydrogen) atoms. The van der Waals surface area contributed by atoms with Crippen LogP contribution in [0.4, 0.5) is 19.3 Å². The first-order valence-electron chi connectivity index (χ1n) is 16.4. The summed E-state index contributed by atoms with van der Waals surface area (Å²) in [7, 11) is 2.73. The van der Waals surface area contributed by atoms with E-state index in [1.165, 1.54) is 49.2 Å². The van der Waals surface area contributed by atoms with Gasteiger partial charge in [-0.15, -0.1) is 0 Å². The van der Waals surface area contributed by atoms with E-state index >= 15 is 0 Å². The molecule has 2 fully saturated rings. The Kier molecular flexibility index (Phi) is 11.0. The number of rotatable bonds is 8. The second kappa shape index (κ2) is 15.0. The van der Waals surface area contributed by atoms with Crippen LogP contribution in [0.25, 0.3) is 11.3 Å². The Hall–Kier alpha value is -4.72. The standard InChI is InChI=1S/C35H41ClF2N6O6/c1-35(2,3)50-34(48)44-13-10-20(19-44)16-28(45)40-21-11-14-43(15-12-21)33(47)23-7-6-22(17-25(23)36)41-32(46)31-39-18-26(42(31)4)24-8-9-27(49-5)30(38)29(24)37/h6-9,17-18,20-21H,10-16,19H2,1-5H3,(H,40,45)(H,41,46). The van der Waals surface area contributed by atoms with Crippen molar-refractivity contribution in [3.8, 4) is 17.0 Å². The lowest BCUT2D eigenvalue weighted by atomic mass is 10.0. The Morgan fingerprint density at radius 2 is 1.70 bits per heavy atom. The molecule has 4 amide bonds. The number of nitrogens with one attached hydrogen (secondary N) is 2. The molecule has 15 heteroatoms. The molecule has 2 aliphatic heterocycles. The van der Waals surface area contributed by atoms with Crippen molar-refractivity contribution in [1.29, 1.82) is 0 Å². The van der Waals surface area contributed by atoms with E-state index in [2.05, 4.69) is 15.6 Å². The van der Waals surface area contributed by atoms with Crippen LogP contribution >= 0.6 is 11.6 Å². The third-order valence-electron chi connectivity index (χ3n) is 8.75. The Morgan fingerprint density at radius 3 is 2.36 bits per heavy atom. The maximum atomic E-state index is 14.7. The molecule has 3 aromatic rings. The smallest absolute Gasteiger partial charge is 0.410 e. The zero-order valence-electron chi connectivity index (χ0n) is 28.6. The highest BCUT2D eigenvalue weighted by Gasteiger charge is 2.32. The minimum atomic E-state index is -1.15. The van der Waals surface area contributed by atoms with E-state index < -0.39 is 23.1 Å². The number of carbonyl (C=O) groups excluding carboxylic acids is 4. The Bertz CT molecular complexity index is 1790. The molecular weight excluding hydrogens is 674 g/mol. The van der Waals surface area contributed by atoms with Gasteiger partial charge < -0.3 is 34.5 Å². The number of carbonyl (C=O) groups is 4. The van der Waals surface area contributed by atoms with E-state index in [9.17, 15) is 28.0 Å². The van der Waals surface area contributed by atoms with E-state index in [0.717, 1.165) is 6.42 Å². The molecule has 0 aliphatic carbocycles. The predicted octanol–water partition coefficient (Wildman–Crippen LogP) is 5.65. The molecule has 0 saturated carbocycles. The van der Waals surface area contributed by atoms with Gasteiger partial charge in [-0.1, -0.05) is 11.6 Å². The normalized spacial score (nSPS) is 16.7. The fraction of sp³-hybridized carbons (Fsp3) is 0.457. The van der Waals surface area contributed by atoms with Crippen molar-refractivity contribution in [3.63, 3.8) is 0 Å². The summed E-state index contributed by atoms with van der Waals surface area (Å²) in [5.74, 6) is -3.49. The summed E-state index contributed by atoms with van der Waals surface area (Å²) in [4.78, 5) is 58.9. The summed E-state index contributed by atoms with van der Waals surface area (Å²) in [5, 5.41) is 5.89. The SMILES string of the molecule is COc1ccc(-c2cnc(C(=O)Nc3ccc(C(=O)N4CCC(NC(=O)CC5CCN(C(=O)OC(C)(C)C)C5)CC4)c(Cl)c3)n2C)c(F)c1F. The molecule has 2 aromatic carbocycles. The summed E-state index contributed by atoms with van der Waals surface area (Å²) in [6.07, 6.45) is 3.12. The average molecular weight is 715 g/mol. The number of likely N-dealkylation sites (tertiary alicyclic amines) is 2. The third kappa shape index (κ3) is 8.35. The Morgan fingerprint density at radius 1 is 1.00 bits per heavy atom. The molecule has 268 valence electrons. The van der Waals surface area contributed by atoms with Crippen molar-refractivity contribution in [1.82, 2.24) is 24.7 Å². The number of anilines is 1. The van der Waals surface area contributed by atoms with Crippen LogP contribution in [0.1, 0.15) is 67.4 Å². The average Bonchev–Trinajstić information content (AvgIpc) is 3.68. The zero-order chi connectivity index (χ0) is 36.3. The number of imidazole rings is 1. The lowest BCUT2D eigenvalue weighted by molar-refractivity contribution is -0.122. The van der Waals surface area contributed by atoms with Crippen LogP contribution < -0.4 is 15.4 Å². The van der Waals surface area contributed by atoms with Crippen molar-refractivity contribution in [2.45, 2.75) is 58.1 Å². The van der Waals surface area contributed by atoms with Crippen molar-refractivity contribution in [2.24, 2.45) is 13.0 Å². The fourth-order valence-electron chi connectivity index (χ4n) is 6.15. The minimum Gasteiger partial charge on any atom is -0.494 e. The summed E-state index contributed by atoms with van der Waals surface area (Å²) in [6.45, 7) is 7.35. The van der Waals surface area contributed by atoms with Crippen molar-refractivity contribution >= 4 is 41.1 Å². The Labute approximate surface area is 294 Å². The molecule has 0 radical (unpaired) electrons. The van der Waals surface area contributed by atoms with E-state index in [1.807, 2.05) is 20.8 Å². The number of hydrogen-bond donors (Lipinski definition) is 2. The van der Waals surface area contributed by atoms with Gasteiger partial charge in [0.2, 0.25) is 11.7 Å². The minimum absolute atomic E-state index is 0.0621. The van der Waals surface area contributed by atoms with Crippen LogP contribution in [0.3, 0.4) is 0 Å². The monoisotopic (exact) mass is 714 g/mol. The largest absolute Gasteiger partial charge is 0.494 e. The van der Waals surface area contributed by atoms with Crippen LogP contribution in [0.2, 0.25) is 5.02 Å². The molecule has 5 rings (SSSR count). The van der Waals surface area contributed by atoms with Gasteiger partial charge in [0.25, 0.3) is 11.8 Å². The second-order valence-corrected chi connectivity index (χ2v) is 13.9. The number of piperidine rings is 1. The van der Waals surface area contributed by atoms with Crippen molar-refractivity contribution in [3.05, 3.63) is 64.6 Å². The topological polar surface area (TPSA) is 135 Å². The second-order valence-electron chi connectivity index (χ2n) is 13.5. The number of benzene rings is 2. The van der Waals surface area contributed by atoms with Gasteiger partial charge in [0, 0.05) is 56.9 Å². The molecule has 1 aromatic heterocycles. The molecule has 2 aliphatic rings. The lowest BCUT2D eigenvalue weighted by Crippen LogP contribution is -2.47. The van der Waals surface area contributed by atoms with Crippen molar-refractivity contribution < 1.29 is 37.4 Å².